The van der Waals surface area contributed by atoms with Crippen molar-refractivity contribution in [2.24, 2.45) is 0 Å². The van der Waals surface area contributed by atoms with Crippen molar-refractivity contribution in [3.8, 4) is 0 Å². The van der Waals surface area contributed by atoms with E-state index < -0.39 is 0 Å². The number of hydrogen-bond donors (Lipinski definition) is 0. The molecule has 21 heavy (non-hydrogen) atoms. The molecule has 0 saturated carbocycles. The van der Waals surface area contributed by atoms with E-state index in [2.05, 4.69) is 26.8 Å². The third-order valence-electron chi connectivity index (χ3n) is 4.47. The van der Waals surface area contributed by atoms with Gasteiger partial charge in [-0.3, -0.25) is 9.80 Å². The normalized spacial score (nSPS) is 21.6. The quantitative estimate of drug-likeness (QED) is 0.721. The molecular weight excluding hydrogens is 261 g/mol. The highest BCUT2D eigenvalue weighted by atomic mass is 16.5. The second kappa shape index (κ2) is 7.30. The highest BCUT2D eigenvalue weighted by molar-refractivity contribution is 6.32. The maximum absolute atomic E-state index is 5.75. The Hall–Kier alpha value is -1.04. The molecule has 2 heterocycles. The van der Waals surface area contributed by atoms with E-state index in [0.29, 0.717) is 0 Å². The van der Waals surface area contributed by atoms with Crippen LogP contribution in [0.1, 0.15) is 0 Å². The van der Waals surface area contributed by atoms with Gasteiger partial charge in [0.2, 0.25) is 0 Å². The standard InChI is InChI=1S/C16H24BN3O/c17-15-1-3-16(4-2-15)20-9-7-18(8-10-20)5-6-19-11-13-21-14-12-19/h1-4H,5-14H2. The monoisotopic (exact) mass is 285 g/mol. The van der Waals surface area contributed by atoms with Crippen molar-refractivity contribution in [2.75, 3.05) is 70.5 Å². The Morgan fingerprint density at radius 2 is 1.38 bits per heavy atom. The van der Waals surface area contributed by atoms with Crippen LogP contribution >= 0.6 is 0 Å². The zero-order valence-corrected chi connectivity index (χ0v) is 12.7. The molecule has 0 atom stereocenters. The maximum Gasteiger partial charge on any atom is 0.113 e. The predicted octanol–water partition coefficient (Wildman–Crippen LogP) is -0.0654. The Kier molecular flexibility index (Phi) is 5.17. The van der Waals surface area contributed by atoms with E-state index >= 15 is 0 Å². The zero-order chi connectivity index (χ0) is 14.5. The van der Waals surface area contributed by atoms with Gasteiger partial charge in [-0.05, 0) is 12.1 Å². The van der Waals surface area contributed by atoms with Crippen molar-refractivity contribution in [1.82, 2.24) is 9.80 Å². The zero-order valence-electron chi connectivity index (χ0n) is 12.7. The van der Waals surface area contributed by atoms with Crippen LogP contribution in [0.4, 0.5) is 5.69 Å². The Labute approximate surface area is 129 Å². The van der Waals surface area contributed by atoms with Gasteiger partial charge in [0.1, 0.15) is 7.85 Å². The van der Waals surface area contributed by atoms with Crippen LogP contribution in [0, 0.1) is 0 Å². The number of ether oxygens (including phenoxy) is 1. The van der Waals surface area contributed by atoms with E-state index in [1.54, 1.807) is 0 Å². The van der Waals surface area contributed by atoms with E-state index in [1.165, 1.54) is 18.8 Å². The van der Waals surface area contributed by atoms with E-state index in [0.717, 1.165) is 57.9 Å². The summed E-state index contributed by atoms with van der Waals surface area (Å²) in [6, 6.07) is 8.22. The summed E-state index contributed by atoms with van der Waals surface area (Å²) in [7, 11) is 5.75. The van der Waals surface area contributed by atoms with Gasteiger partial charge in [0.05, 0.1) is 13.2 Å². The number of nitrogens with zero attached hydrogens (tertiary/aromatic N) is 3. The minimum atomic E-state index is 0.836. The predicted molar refractivity (Wildman–Crippen MR) is 87.7 cm³/mol. The lowest BCUT2D eigenvalue weighted by Crippen LogP contribution is -2.49. The number of rotatable bonds is 4. The molecule has 5 heteroatoms. The smallest absolute Gasteiger partial charge is 0.113 e. The molecule has 3 rings (SSSR count). The van der Waals surface area contributed by atoms with Crippen molar-refractivity contribution >= 4 is 19.0 Å². The summed E-state index contributed by atoms with van der Waals surface area (Å²) in [5, 5.41) is 0. The lowest BCUT2D eigenvalue weighted by atomic mass is 9.96. The first kappa shape index (κ1) is 14.9. The maximum atomic E-state index is 5.75. The molecule has 2 radical (unpaired) electrons. The van der Waals surface area contributed by atoms with Crippen LogP contribution in [0.5, 0.6) is 0 Å². The summed E-state index contributed by atoms with van der Waals surface area (Å²) < 4.78 is 5.39. The van der Waals surface area contributed by atoms with Gasteiger partial charge in [-0.15, -0.1) is 0 Å². The van der Waals surface area contributed by atoms with E-state index in [1.807, 2.05) is 12.1 Å². The Balaban J connectivity index is 1.41. The van der Waals surface area contributed by atoms with Gasteiger partial charge >= 0.3 is 0 Å². The Morgan fingerprint density at radius 3 is 2.00 bits per heavy atom. The fraction of sp³-hybridized carbons (Fsp3) is 0.625. The summed E-state index contributed by atoms with van der Waals surface area (Å²) in [6.07, 6.45) is 0. The van der Waals surface area contributed by atoms with Gasteiger partial charge in [0, 0.05) is 58.0 Å². The molecule has 2 aliphatic heterocycles. The minimum absolute atomic E-state index is 0.836. The number of benzene rings is 1. The topological polar surface area (TPSA) is 19.0 Å². The Morgan fingerprint density at radius 1 is 0.810 bits per heavy atom. The van der Waals surface area contributed by atoms with Crippen LogP contribution in [-0.2, 0) is 4.74 Å². The molecule has 2 saturated heterocycles. The van der Waals surface area contributed by atoms with Gasteiger partial charge in [-0.2, -0.15) is 0 Å². The molecule has 2 aliphatic rings. The first-order valence-corrected chi connectivity index (χ1v) is 7.94. The fourth-order valence-electron chi connectivity index (χ4n) is 3.02. The molecule has 112 valence electrons. The molecule has 1 aromatic carbocycles. The van der Waals surface area contributed by atoms with Crippen molar-refractivity contribution in [3.05, 3.63) is 24.3 Å². The second-order valence-corrected chi connectivity index (χ2v) is 5.87. The molecule has 0 aromatic heterocycles. The van der Waals surface area contributed by atoms with Crippen molar-refractivity contribution in [2.45, 2.75) is 0 Å². The molecule has 0 unspecified atom stereocenters. The van der Waals surface area contributed by atoms with Crippen molar-refractivity contribution in [1.29, 1.82) is 0 Å². The lowest BCUT2D eigenvalue weighted by Gasteiger charge is -2.37. The summed E-state index contributed by atoms with van der Waals surface area (Å²) >= 11 is 0. The summed E-state index contributed by atoms with van der Waals surface area (Å²) in [4.78, 5) is 7.53. The molecule has 0 amide bonds. The lowest BCUT2D eigenvalue weighted by molar-refractivity contribution is 0.0331. The summed E-state index contributed by atoms with van der Waals surface area (Å²) in [5.41, 5.74) is 2.12. The first-order chi connectivity index (χ1) is 10.3. The summed E-state index contributed by atoms with van der Waals surface area (Å²) in [5.74, 6) is 0. The van der Waals surface area contributed by atoms with Gasteiger partial charge < -0.3 is 9.64 Å². The van der Waals surface area contributed by atoms with E-state index in [9.17, 15) is 0 Å². The van der Waals surface area contributed by atoms with Crippen LogP contribution in [0.3, 0.4) is 0 Å². The van der Waals surface area contributed by atoms with Gasteiger partial charge in [0.15, 0.2) is 0 Å². The van der Waals surface area contributed by atoms with Crippen LogP contribution in [-0.4, -0.2) is 83.2 Å². The average molecular weight is 285 g/mol. The molecular formula is C16H24BN3O. The molecule has 1 aromatic rings. The number of piperazine rings is 1. The number of morpholine rings is 1. The minimum Gasteiger partial charge on any atom is -0.379 e. The van der Waals surface area contributed by atoms with Gasteiger partial charge in [-0.25, -0.2) is 0 Å². The van der Waals surface area contributed by atoms with Crippen molar-refractivity contribution in [3.63, 3.8) is 0 Å². The third kappa shape index (κ3) is 4.22. The third-order valence-corrected chi connectivity index (χ3v) is 4.47. The van der Waals surface area contributed by atoms with Gasteiger partial charge in [-0.1, -0.05) is 17.6 Å². The highest BCUT2D eigenvalue weighted by Gasteiger charge is 2.18. The van der Waals surface area contributed by atoms with Crippen LogP contribution in [0.2, 0.25) is 0 Å². The fourth-order valence-corrected chi connectivity index (χ4v) is 3.02. The Bertz CT molecular complexity index is 426. The largest absolute Gasteiger partial charge is 0.379 e. The number of anilines is 1. The van der Waals surface area contributed by atoms with Crippen LogP contribution in [0.25, 0.3) is 0 Å². The molecule has 2 fully saturated rings. The number of hydrogen-bond acceptors (Lipinski definition) is 4. The average Bonchev–Trinajstić information content (AvgIpc) is 2.55. The molecule has 4 nitrogen and oxygen atoms in total. The highest BCUT2D eigenvalue weighted by Crippen LogP contribution is 2.14. The molecule has 0 aliphatic carbocycles. The van der Waals surface area contributed by atoms with E-state index in [4.69, 9.17) is 12.6 Å². The first-order valence-electron chi connectivity index (χ1n) is 7.94. The van der Waals surface area contributed by atoms with Crippen LogP contribution < -0.4 is 10.4 Å². The van der Waals surface area contributed by atoms with Crippen LogP contribution in [0.15, 0.2) is 24.3 Å². The molecule has 0 bridgehead atoms. The molecule has 0 spiro atoms. The van der Waals surface area contributed by atoms with Crippen molar-refractivity contribution < 1.29 is 4.74 Å². The second-order valence-electron chi connectivity index (χ2n) is 5.87. The SMILES string of the molecule is [B]c1ccc(N2CCN(CCN3CCOCC3)CC2)cc1. The summed E-state index contributed by atoms with van der Waals surface area (Å²) in [6.45, 7) is 10.8. The molecule has 0 N–H and O–H groups in total. The van der Waals surface area contributed by atoms with E-state index in [-0.39, 0.29) is 0 Å². The van der Waals surface area contributed by atoms with Gasteiger partial charge in [0.25, 0.3) is 0 Å².